The molecule has 0 fully saturated rings. The fourth-order valence-electron chi connectivity index (χ4n) is 4.14. The Morgan fingerprint density at radius 3 is 2.62 bits per heavy atom. The summed E-state index contributed by atoms with van der Waals surface area (Å²) in [6, 6.07) is 17.6. The number of para-hydroxylation sites is 1. The second-order valence-corrected chi connectivity index (χ2v) is 9.50. The van der Waals surface area contributed by atoms with E-state index in [4.69, 9.17) is 32.9 Å². The fourth-order valence-corrected chi connectivity index (χ4v) is 4.58. The van der Waals surface area contributed by atoms with E-state index in [9.17, 15) is 14.9 Å². The van der Waals surface area contributed by atoms with E-state index in [0.717, 1.165) is 11.3 Å². The average molecular weight is 562 g/mol. The molecule has 11 heteroatoms. The molecule has 0 aliphatic carbocycles. The lowest BCUT2D eigenvalue weighted by Crippen LogP contribution is -2.13. The van der Waals surface area contributed by atoms with Gasteiger partial charge in [0.15, 0.2) is 0 Å². The van der Waals surface area contributed by atoms with Crippen LogP contribution in [-0.4, -0.2) is 25.6 Å². The Kier molecular flexibility index (Phi) is 7.19. The number of pyridine rings is 1. The zero-order valence-electron chi connectivity index (χ0n) is 20.8. The largest absolute Gasteiger partial charge is 0.455 e. The number of nitrogens with zero attached hydrogens (tertiary/aromatic N) is 4. The number of amides is 1. The first-order valence-corrected chi connectivity index (χ1v) is 12.7. The van der Waals surface area contributed by atoms with Crippen molar-refractivity contribution in [2.75, 3.05) is 5.32 Å². The predicted octanol–water partition coefficient (Wildman–Crippen LogP) is 7.69. The van der Waals surface area contributed by atoms with Crippen molar-refractivity contribution >= 4 is 51.4 Å². The van der Waals surface area contributed by atoms with E-state index in [1.807, 2.05) is 38.2 Å². The molecule has 0 aliphatic heterocycles. The van der Waals surface area contributed by atoms with Crippen LogP contribution in [0.3, 0.4) is 0 Å². The molecular formula is C28H21Cl2N5O4. The number of aromatic nitrogens is 3. The van der Waals surface area contributed by atoms with Crippen LogP contribution < -0.4 is 10.1 Å². The summed E-state index contributed by atoms with van der Waals surface area (Å²) in [4.78, 5) is 29.4. The molecule has 5 aromatic rings. The van der Waals surface area contributed by atoms with Crippen LogP contribution in [0.25, 0.3) is 22.2 Å². The third kappa shape index (κ3) is 5.55. The predicted molar refractivity (Wildman–Crippen MR) is 151 cm³/mol. The first kappa shape index (κ1) is 26.1. The van der Waals surface area contributed by atoms with Gasteiger partial charge in [-0.15, -0.1) is 0 Å². The number of nitro groups is 1. The van der Waals surface area contributed by atoms with E-state index in [2.05, 4.69) is 10.4 Å². The molecule has 0 bridgehead atoms. The van der Waals surface area contributed by atoms with E-state index in [1.165, 1.54) is 24.3 Å². The molecule has 0 saturated carbocycles. The molecule has 2 heterocycles. The number of aryl methyl sites for hydroxylation is 2. The monoisotopic (exact) mass is 561 g/mol. The number of fused-ring (bicyclic) bond motifs is 1. The molecule has 1 amide bonds. The molecule has 0 aliphatic rings. The number of hydrogen-bond donors (Lipinski definition) is 1. The van der Waals surface area contributed by atoms with Gasteiger partial charge in [-0.05, 0) is 44.2 Å². The Bertz CT molecular complexity index is 1750. The average Bonchev–Trinajstić information content (AvgIpc) is 3.30. The number of rotatable bonds is 7. The smallest absolute Gasteiger partial charge is 0.275 e. The standard InChI is InChI=1S/C28H21Cl2N5O4/c1-3-34-15-23(16(2)33-34)26-14-22(21-6-4-5-7-25(21)32-26)28(36)31-18-11-19(35(37)38)13-20(12-18)39-27-9-8-17(29)10-24(27)30/h4-15H,3H2,1-2H3,(H,31,36). The second kappa shape index (κ2) is 10.7. The van der Waals surface area contributed by atoms with Crippen molar-refractivity contribution in [2.24, 2.45) is 0 Å². The Hall–Kier alpha value is -4.47. The SMILES string of the molecule is CCn1cc(-c2cc(C(=O)Nc3cc(Oc4ccc(Cl)cc4Cl)cc([N+](=O)[O-])c3)c3ccccc3n2)c(C)n1. The molecule has 9 nitrogen and oxygen atoms in total. The third-order valence-corrected chi connectivity index (χ3v) is 6.52. The van der Waals surface area contributed by atoms with Crippen molar-refractivity contribution in [3.63, 3.8) is 0 Å². The number of nitro benzene ring substituents is 1. The Morgan fingerprint density at radius 2 is 1.90 bits per heavy atom. The summed E-state index contributed by atoms with van der Waals surface area (Å²) in [5.41, 5.74) is 3.08. The minimum absolute atomic E-state index is 0.117. The number of nitrogens with one attached hydrogen (secondary N) is 1. The van der Waals surface area contributed by atoms with Crippen molar-refractivity contribution in [3.05, 3.63) is 104 Å². The minimum atomic E-state index is -0.569. The van der Waals surface area contributed by atoms with Gasteiger partial charge in [0, 0.05) is 40.8 Å². The maximum Gasteiger partial charge on any atom is 0.275 e. The first-order chi connectivity index (χ1) is 18.7. The zero-order valence-corrected chi connectivity index (χ0v) is 22.3. The maximum absolute atomic E-state index is 13.6. The van der Waals surface area contributed by atoms with Gasteiger partial charge in [-0.3, -0.25) is 19.6 Å². The van der Waals surface area contributed by atoms with Gasteiger partial charge in [-0.1, -0.05) is 41.4 Å². The van der Waals surface area contributed by atoms with Crippen molar-refractivity contribution in [3.8, 4) is 22.8 Å². The number of halogens is 2. The molecule has 0 spiro atoms. The van der Waals surface area contributed by atoms with Crippen LogP contribution in [0.2, 0.25) is 10.0 Å². The summed E-state index contributed by atoms with van der Waals surface area (Å²) in [5, 5.41) is 20.2. The van der Waals surface area contributed by atoms with Crippen LogP contribution in [0.1, 0.15) is 23.0 Å². The highest BCUT2D eigenvalue weighted by Gasteiger charge is 2.19. The Balaban J connectivity index is 1.53. The molecule has 196 valence electrons. The van der Waals surface area contributed by atoms with Gasteiger partial charge in [-0.2, -0.15) is 5.10 Å². The van der Waals surface area contributed by atoms with Crippen LogP contribution >= 0.6 is 23.2 Å². The fraction of sp³-hybridized carbons (Fsp3) is 0.107. The summed E-state index contributed by atoms with van der Waals surface area (Å²) in [6.07, 6.45) is 1.89. The Labute approximate surface area is 233 Å². The molecular weight excluding hydrogens is 541 g/mol. The summed E-state index contributed by atoms with van der Waals surface area (Å²) in [7, 11) is 0. The molecule has 3 aromatic carbocycles. The lowest BCUT2D eigenvalue weighted by Gasteiger charge is -2.12. The van der Waals surface area contributed by atoms with Crippen molar-refractivity contribution in [2.45, 2.75) is 20.4 Å². The molecule has 0 radical (unpaired) electrons. The van der Waals surface area contributed by atoms with Gasteiger partial charge in [0.2, 0.25) is 0 Å². The van der Waals surface area contributed by atoms with Crippen LogP contribution in [0.5, 0.6) is 11.5 Å². The van der Waals surface area contributed by atoms with E-state index < -0.39 is 10.8 Å². The van der Waals surface area contributed by atoms with E-state index in [1.54, 1.807) is 28.9 Å². The van der Waals surface area contributed by atoms with Crippen molar-refractivity contribution in [1.82, 2.24) is 14.8 Å². The highest BCUT2D eigenvalue weighted by molar-refractivity contribution is 6.35. The lowest BCUT2D eigenvalue weighted by atomic mass is 10.0. The van der Waals surface area contributed by atoms with Gasteiger partial charge in [0.1, 0.15) is 11.5 Å². The number of hydrogen-bond acceptors (Lipinski definition) is 6. The molecule has 39 heavy (non-hydrogen) atoms. The van der Waals surface area contributed by atoms with E-state index in [0.29, 0.717) is 33.7 Å². The maximum atomic E-state index is 13.6. The molecule has 0 atom stereocenters. The first-order valence-electron chi connectivity index (χ1n) is 11.9. The topological polar surface area (TPSA) is 112 Å². The molecule has 0 unspecified atom stereocenters. The molecule has 1 N–H and O–H groups in total. The third-order valence-electron chi connectivity index (χ3n) is 5.99. The summed E-state index contributed by atoms with van der Waals surface area (Å²) < 4.78 is 7.60. The number of non-ortho nitro benzene ring substituents is 1. The van der Waals surface area contributed by atoms with Gasteiger partial charge >= 0.3 is 0 Å². The zero-order chi connectivity index (χ0) is 27.7. The highest BCUT2D eigenvalue weighted by atomic mass is 35.5. The van der Waals surface area contributed by atoms with Crippen molar-refractivity contribution < 1.29 is 14.5 Å². The van der Waals surface area contributed by atoms with Gasteiger partial charge < -0.3 is 10.1 Å². The van der Waals surface area contributed by atoms with Gasteiger partial charge in [0.25, 0.3) is 11.6 Å². The molecule has 2 aromatic heterocycles. The number of anilines is 1. The number of ether oxygens (including phenoxy) is 1. The minimum Gasteiger partial charge on any atom is -0.455 e. The van der Waals surface area contributed by atoms with Crippen LogP contribution in [0, 0.1) is 17.0 Å². The van der Waals surface area contributed by atoms with Gasteiger partial charge in [-0.25, -0.2) is 4.98 Å². The van der Waals surface area contributed by atoms with Crippen LogP contribution in [0.15, 0.2) is 72.9 Å². The summed E-state index contributed by atoms with van der Waals surface area (Å²) in [5.74, 6) is -0.0930. The normalized spacial score (nSPS) is 11.0. The Morgan fingerprint density at radius 1 is 1.10 bits per heavy atom. The van der Waals surface area contributed by atoms with Gasteiger partial charge in [0.05, 0.1) is 44.2 Å². The van der Waals surface area contributed by atoms with E-state index in [-0.39, 0.29) is 27.9 Å². The second-order valence-electron chi connectivity index (χ2n) is 8.66. The van der Waals surface area contributed by atoms with Crippen LogP contribution in [0.4, 0.5) is 11.4 Å². The highest BCUT2D eigenvalue weighted by Crippen LogP contribution is 2.35. The van der Waals surface area contributed by atoms with Crippen LogP contribution in [-0.2, 0) is 6.54 Å². The van der Waals surface area contributed by atoms with E-state index >= 15 is 0 Å². The summed E-state index contributed by atoms with van der Waals surface area (Å²) >= 11 is 12.2. The number of carbonyl (C=O) groups is 1. The number of benzene rings is 3. The molecule has 0 saturated heterocycles. The molecule has 5 rings (SSSR count). The quantitative estimate of drug-likeness (QED) is 0.161. The number of carbonyl (C=O) groups excluding carboxylic acids is 1. The van der Waals surface area contributed by atoms with Crippen molar-refractivity contribution in [1.29, 1.82) is 0 Å². The lowest BCUT2D eigenvalue weighted by molar-refractivity contribution is -0.384. The summed E-state index contributed by atoms with van der Waals surface area (Å²) in [6.45, 7) is 4.57.